The lowest BCUT2D eigenvalue weighted by Crippen LogP contribution is -2.41. The zero-order valence-electron chi connectivity index (χ0n) is 14.5. The van der Waals surface area contributed by atoms with Crippen molar-refractivity contribution >= 4 is 35.1 Å². The number of nitrogens with one attached hydrogen (secondary N) is 1. The zero-order valence-corrected chi connectivity index (χ0v) is 16.0. The van der Waals surface area contributed by atoms with E-state index in [1.807, 2.05) is 0 Å². The lowest BCUT2D eigenvalue weighted by atomic mass is 10.0. The Bertz CT molecular complexity index is 547. The number of rotatable bonds is 11. The van der Waals surface area contributed by atoms with E-state index in [1.54, 1.807) is 18.2 Å². The molecule has 1 atom stereocenters. The Hall–Kier alpha value is -1.30. The zero-order chi connectivity index (χ0) is 18.7. The standard InChI is InChI=1S/C18H26Cl2N2O3/c1-25-18(24)15(11-6-4-2-3-5-7-12-21)22-17(23)16-13(19)9-8-10-14(16)20/h8-10,15H,2-7,11-12,21H2,1H3,(H,22,23)/t15-/m0/s1. The molecule has 0 saturated heterocycles. The largest absolute Gasteiger partial charge is 0.467 e. The van der Waals surface area contributed by atoms with E-state index in [4.69, 9.17) is 33.7 Å². The van der Waals surface area contributed by atoms with Crippen molar-refractivity contribution in [2.45, 2.75) is 51.0 Å². The van der Waals surface area contributed by atoms with Gasteiger partial charge in [0.1, 0.15) is 6.04 Å². The van der Waals surface area contributed by atoms with Crippen molar-refractivity contribution in [3.05, 3.63) is 33.8 Å². The molecule has 0 radical (unpaired) electrons. The van der Waals surface area contributed by atoms with Crippen molar-refractivity contribution in [3.63, 3.8) is 0 Å². The molecule has 7 heteroatoms. The number of halogens is 2. The summed E-state index contributed by atoms with van der Waals surface area (Å²) in [4.78, 5) is 24.4. The van der Waals surface area contributed by atoms with E-state index in [0.717, 1.165) is 45.1 Å². The van der Waals surface area contributed by atoms with E-state index >= 15 is 0 Å². The van der Waals surface area contributed by atoms with E-state index in [0.29, 0.717) is 6.42 Å². The molecule has 0 heterocycles. The molecule has 1 aromatic rings. The molecule has 0 aromatic heterocycles. The number of carbonyl (C=O) groups is 2. The molecule has 140 valence electrons. The van der Waals surface area contributed by atoms with Gasteiger partial charge in [-0.15, -0.1) is 0 Å². The number of ether oxygens (including phenoxy) is 1. The summed E-state index contributed by atoms with van der Waals surface area (Å²) in [6.45, 7) is 0.723. The van der Waals surface area contributed by atoms with Gasteiger partial charge in [0.05, 0.1) is 22.7 Å². The highest BCUT2D eigenvalue weighted by molar-refractivity contribution is 6.39. The van der Waals surface area contributed by atoms with Crippen LogP contribution in [0.25, 0.3) is 0 Å². The fourth-order valence-corrected chi connectivity index (χ4v) is 3.11. The number of unbranched alkanes of at least 4 members (excludes halogenated alkanes) is 5. The lowest BCUT2D eigenvalue weighted by molar-refractivity contribution is -0.143. The van der Waals surface area contributed by atoms with Crippen LogP contribution in [-0.2, 0) is 9.53 Å². The Morgan fingerprint density at radius 1 is 1.08 bits per heavy atom. The molecule has 0 aliphatic rings. The molecular weight excluding hydrogens is 363 g/mol. The van der Waals surface area contributed by atoms with Crippen LogP contribution in [0.2, 0.25) is 10.0 Å². The molecule has 0 unspecified atom stereocenters. The maximum atomic E-state index is 12.4. The summed E-state index contributed by atoms with van der Waals surface area (Å²) in [5.41, 5.74) is 5.63. The number of amides is 1. The van der Waals surface area contributed by atoms with Crippen LogP contribution in [-0.4, -0.2) is 31.6 Å². The third kappa shape index (κ3) is 7.63. The van der Waals surface area contributed by atoms with Crippen molar-refractivity contribution in [2.75, 3.05) is 13.7 Å². The highest BCUT2D eigenvalue weighted by Crippen LogP contribution is 2.24. The molecular formula is C18H26Cl2N2O3. The molecule has 1 aromatic carbocycles. The first-order valence-electron chi connectivity index (χ1n) is 8.54. The van der Waals surface area contributed by atoms with Crippen LogP contribution in [0.4, 0.5) is 0 Å². The fourth-order valence-electron chi connectivity index (χ4n) is 2.54. The minimum absolute atomic E-state index is 0.168. The van der Waals surface area contributed by atoms with Crippen molar-refractivity contribution < 1.29 is 14.3 Å². The summed E-state index contributed by atoms with van der Waals surface area (Å²) >= 11 is 12.1. The first-order chi connectivity index (χ1) is 12.0. The van der Waals surface area contributed by atoms with Crippen LogP contribution in [0.5, 0.6) is 0 Å². The van der Waals surface area contributed by atoms with E-state index in [9.17, 15) is 9.59 Å². The Kier molecular flexibility index (Phi) is 10.5. The van der Waals surface area contributed by atoms with Crippen molar-refractivity contribution in [1.82, 2.24) is 5.32 Å². The van der Waals surface area contributed by atoms with Gasteiger partial charge in [0.15, 0.2) is 0 Å². The smallest absolute Gasteiger partial charge is 0.328 e. The Balaban J connectivity index is 2.56. The predicted molar refractivity (Wildman–Crippen MR) is 101 cm³/mol. The maximum absolute atomic E-state index is 12.4. The highest BCUT2D eigenvalue weighted by Gasteiger charge is 2.24. The number of nitrogens with two attached hydrogens (primary N) is 1. The van der Waals surface area contributed by atoms with Gasteiger partial charge in [-0.05, 0) is 31.5 Å². The van der Waals surface area contributed by atoms with Gasteiger partial charge in [0, 0.05) is 0 Å². The summed E-state index contributed by atoms with van der Waals surface area (Å²) in [6, 6.07) is 4.10. The third-order valence-corrected chi connectivity index (χ3v) is 4.56. The molecule has 0 bridgehead atoms. The average molecular weight is 389 g/mol. The molecule has 1 rings (SSSR count). The third-order valence-electron chi connectivity index (χ3n) is 3.93. The molecule has 3 N–H and O–H groups in total. The first-order valence-corrected chi connectivity index (χ1v) is 9.29. The van der Waals surface area contributed by atoms with Crippen LogP contribution in [0.3, 0.4) is 0 Å². The molecule has 0 aliphatic carbocycles. The minimum Gasteiger partial charge on any atom is -0.467 e. The summed E-state index contributed by atoms with van der Waals surface area (Å²) in [6.07, 6.45) is 6.69. The van der Waals surface area contributed by atoms with Crippen molar-refractivity contribution in [2.24, 2.45) is 5.73 Å². The number of hydrogen-bond donors (Lipinski definition) is 2. The van der Waals surface area contributed by atoms with Crippen molar-refractivity contribution in [1.29, 1.82) is 0 Å². The van der Waals surface area contributed by atoms with E-state index in [-0.39, 0.29) is 15.6 Å². The Morgan fingerprint density at radius 3 is 2.20 bits per heavy atom. The number of esters is 1. The molecule has 0 saturated carbocycles. The van der Waals surface area contributed by atoms with Gasteiger partial charge in [-0.2, -0.15) is 0 Å². The van der Waals surface area contributed by atoms with Gasteiger partial charge in [-0.1, -0.05) is 61.4 Å². The quantitative estimate of drug-likeness (QED) is 0.444. The van der Waals surface area contributed by atoms with Gasteiger partial charge in [-0.3, -0.25) is 4.79 Å². The predicted octanol–water partition coefficient (Wildman–Crippen LogP) is 3.95. The normalized spacial score (nSPS) is 11.8. The Morgan fingerprint density at radius 2 is 1.64 bits per heavy atom. The van der Waals surface area contributed by atoms with Crippen molar-refractivity contribution in [3.8, 4) is 0 Å². The molecule has 5 nitrogen and oxygen atoms in total. The number of carbonyl (C=O) groups excluding carboxylic acids is 2. The van der Waals surface area contributed by atoms with Gasteiger partial charge in [-0.25, -0.2) is 4.79 Å². The van der Waals surface area contributed by atoms with E-state index < -0.39 is 17.9 Å². The summed E-state index contributed by atoms with van der Waals surface area (Å²) in [7, 11) is 1.30. The van der Waals surface area contributed by atoms with Gasteiger partial charge < -0.3 is 15.8 Å². The first kappa shape index (κ1) is 21.7. The lowest BCUT2D eigenvalue weighted by Gasteiger charge is -2.17. The summed E-state index contributed by atoms with van der Waals surface area (Å²) < 4.78 is 4.79. The highest BCUT2D eigenvalue weighted by atomic mass is 35.5. The second-order valence-corrected chi connectivity index (χ2v) is 6.66. The number of methoxy groups -OCH3 is 1. The average Bonchev–Trinajstić information content (AvgIpc) is 2.59. The molecule has 25 heavy (non-hydrogen) atoms. The van der Waals surface area contributed by atoms with E-state index in [2.05, 4.69) is 5.32 Å². The maximum Gasteiger partial charge on any atom is 0.328 e. The molecule has 0 aliphatic heterocycles. The molecule has 1 amide bonds. The molecule has 0 spiro atoms. The minimum atomic E-state index is -0.714. The topological polar surface area (TPSA) is 81.4 Å². The molecule has 0 fully saturated rings. The van der Waals surface area contributed by atoms with Gasteiger partial charge >= 0.3 is 5.97 Å². The van der Waals surface area contributed by atoms with Crippen LogP contribution in [0.15, 0.2) is 18.2 Å². The number of benzene rings is 1. The van der Waals surface area contributed by atoms with Crippen LogP contribution in [0, 0.1) is 0 Å². The monoisotopic (exact) mass is 388 g/mol. The van der Waals surface area contributed by atoms with Crippen LogP contribution < -0.4 is 11.1 Å². The summed E-state index contributed by atoms with van der Waals surface area (Å²) in [5, 5.41) is 3.17. The SMILES string of the molecule is COC(=O)[C@H](CCCCCCCCN)NC(=O)c1c(Cl)cccc1Cl. The Labute approximate surface area is 159 Å². The van der Waals surface area contributed by atoms with Crippen LogP contribution in [0.1, 0.15) is 55.3 Å². The summed E-state index contributed by atoms with van der Waals surface area (Å²) in [5.74, 6) is -0.950. The van der Waals surface area contributed by atoms with E-state index in [1.165, 1.54) is 7.11 Å². The van der Waals surface area contributed by atoms with Gasteiger partial charge in [0.2, 0.25) is 0 Å². The fraction of sp³-hybridized carbons (Fsp3) is 0.556. The second kappa shape index (κ2) is 12.1. The van der Waals surface area contributed by atoms with Gasteiger partial charge in [0.25, 0.3) is 5.91 Å². The second-order valence-electron chi connectivity index (χ2n) is 5.84. The number of hydrogen-bond acceptors (Lipinski definition) is 4. The van der Waals surface area contributed by atoms with Crippen LogP contribution >= 0.6 is 23.2 Å².